The van der Waals surface area contributed by atoms with Crippen LogP contribution in [0.25, 0.3) is 0 Å². The van der Waals surface area contributed by atoms with Crippen LogP contribution in [-0.4, -0.2) is 4.21 Å². The van der Waals surface area contributed by atoms with Gasteiger partial charge in [-0.15, -0.1) is 0 Å². The van der Waals surface area contributed by atoms with E-state index in [0.717, 1.165) is 6.08 Å². The second-order valence-corrected chi connectivity index (χ2v) is 4.44. The topological polar surface area (TPSA) is 40.9 Å². The van der Waals surface area contributed by atoms with E-state index in [0.29, 0.717) is 0 Å². The van der Waals surface area contributed by atoms with Gasteiger partial charge in [0.05, 0.1) is 4.90 Å². The minimum absolute atomic E-state index is 0.200. The number of hydrogen-bond acceptors (Lipinski definition) is 2. The molecule has 2 nitrogen and oxygen atoms in total. The summed E-state index contributed by atoms with van der Waals surface area (Å²) < 4.78 is 31.9. The van der Waals surface area contributed by atoms with Gasteiger partial charge in [0, 0.05) is 0 Å². The molecule has 1 unspecified atom stereocenters. The Kier molecular flexibility index (Phi) is 2.83. The quantitative estimate of drug-likeness (QED) is 0.781. The van der Waals surface area contributed by atoms with Crippen LogP contribution >= 0.6 is 0 Å². The molecule has 0 saturated carbocycles. The van der Waals surface area contributed by atoms with Crippen LogP contribution in [0.3, 0.4) is 0 Å². The Hall–Kier alpha value is -1.16. The van der Waals surface area contributed by atoms with Crippen molar-refractivity contribution < 1.29 is 8.60 Å². The lowest BCUT2D eigenvalue weighted by molar-refractivity contribution is 0.641. The van der Waals surface area contributed by atoms with E-state index in [1.165, 1.54) is 19.1 Å². The van der Waals surface area contributed by atoms with Gasteiger partial charge in [0.1, 0.15) is 9.73 Å². The zero-order valence-electron chi connectivity index (χ0n) is 7.16. The third-order valence-electron chi connectivity index (χ3n) is 1.58. The van der Waals surface area contributed by atoms with Gasteiger partial charge >= 0.3 is 0 Å². The van der Waals surface area contributed by atoms with Crippen LogP contribution in [0.15, 0.2) is 46.5 Å². The molecule has 0 aliphatic heterocycles. The molecule has 0 amide bonds. The van der Waals surface area contributed by atoms with E-state index in [9.17, 15) is 8.60 Å². The van der Waals surface area contributed by atoms with Gasteiger partial charge in [-0.2, -0.15) is 4.39 Å². The third-order valence-corrected chi connectivity index (χ3v) is 3.30. The molecule has 1 aromatic carbocycles. The van der Waals surface area contributed by atoms with Crippen molar-refractivity contribution in [3.8, 4) is 0 Å². The van der Waals surface area contributed by atoms with Crippen LogP contribution in [0, 0.1) is 4.78 Å². The van der Waals surface area contributed by atoms with Gasteiger partial charge in [0.15, 0.2) is 5.16 Å². The summed E-state index contributed by atoms with van der Waals surface area (Å²) in [5, 5.41) is -0.890. The van der Waals surface area contributed by atoms with Gasteiger partial charge in [-0.25, -0.2) is 8.99 Å². The fourth-order valence-corrected chi connectivity index (χ4v) is 1.99. The predicted molar refractivity (Wildman–Crippen MR) is 50.4 cm³/mol. The molecule has 0 aliphatic carbocycles. The van der Waals surface area contributed by atoms with Gasteiger partial charge in [-0.1, -0.05) is 18.2 Å². The van der Waals surface area contributed by atoms with Gasteiger partial charge in [0.2, 0.25) is 0 Å². The Balaban J connectivity index is 3.25. The van der Waals surface area contributed by atoms with E-state index in [4.69, 9.17) is 4.78 Å². The Morgan fingerprint density at radius 3 is 2.46 bits per heavy atom. The smallest absolute Gasteiger partial charge is 0.195 e. The fourth-order valence-electron chi connectivity index (χ4n) is 0.891. The molecule has 0 bridgehead atoms. The Morgan fingerprint density at radius 1 is 1.46 bits per heavy atom. The molecule has 0 radical (unpaired) electrons. The second kappa shape index (κ2) is 3.70. The zero-order valence-corrected chi connectivity index (χ0v) is 7.98. The third kappa shape index (κ3) is 1.95. The summed E-state index contributed by atoms with van der Waals surface area (Å²) >= 11 is 0. The van der Waals surface area contributed by atoms with Gasteiger partial charge in [-0.3, -0.25) is 0 Å². The largest absolute Gasteiger partial charge is 0.243 e. The maximum Gasteiger partial charge on any atom is 0.195 e. The van der Waals surface area contributed by atoms with Crippen molar-refractivity contribution in [1.82, 2.24) is 0 Å². The van der Waals surface area contributed by atoms with Crippen LogP contribution in [0.5, 0.6) is 0 Å². The molecule has 1 aromatic rings. The van der Waals surface area contributed by atoms with Crippen molar-refractivity contribution in [3.63, 3.8) is 0 Å². The van der Waals surface area contributed by atoms with Crippen molar-refractivity contribution in [3.05, 3.63) is 41.6 Å². The van der Waals surface area contributed by atoms with E-state index < -0.39 is 14.9 Å². The van der Waals surface area contributed by atoms with E-state index in [1.807, 2.05) is 0 Å². The molecule has 0 saturated heterocycles. The first-order valence-corrected chi connectivity index (χ1v) is 5.30. The van der Waals surface area contributed by atoms with E-state index in [1.54, 1.807) is 18.2 Å². The first-order chi connectivity index (χ1) is 6.09. The highest BCUT2D eigenvalue weighted by Gasteiger charge is 2.14. The normalized spacial score (nSPS) is 16.6. The zero-order chi connectivity index (χ0) is 9.90. The highest BCUT2D eigenvalue weighted by molar-refractivity contribution is 7.96. The number of halogens is 1. The molecular weight excluding hydrogens is 189 g/mol. The summed E-state index contributed by atoms with van der Waals surface area (Å²) in [6.45, 7) is 1.42. The molecule has 0 aliphatic rings. The van der Waals surface area contributed by atoms with Crippen LogP contribution in [0.1, 0.15) is 6.92 Å². The summed E-state index contributed by atoms with van der Waals surface area (Å²) in [5.41, 5.74) is 0. The van der Waals surface area contributed by atoms with Gasteiger partial charge in [0.25, 0.3) is 0 Å². The van der Waals surface area contributed by atoms with Crippen molar-refractivity contribution in [1.29, 1.82) is 4.78 Å². The van der Waals surface area contributed by atoms with Crippen molar-refractivity contribution in [2.75, 3.05) is 0 Å². The average Bonchev–Trinajstić information content (AvgIpc) is 2.18. The van der Waals surface area contributed by atoms with Crippen molar-refractivity contribution in [2.45, 2.75) is 11.8 Å². The minimum atomic E-state index is -3.39. The lowest BCUT2D eigenvalue weighted by Gasteiger charge is -2.03. The molecule has 13 heavy (non-hydrogen) atoms. The number of hydrogen-bond donors (Lipinski definition) is 1. The highest BCUT2D eigenvalue weighted by Crippen LogP contribution is 2.19. The SMILES string of the molecule is C/C=C(\F)S(=N)(=O)c1ccccc1. The Bertz CT molecular complexity index is 409. The number of rotatable bonds is 2. The molecule has 70 valence electrons. The van der Waals surface area contributed by atoms with Crippen LogP contribution in [-0.2, 0) is 9.73 Å². The van der Waals surface area contributed by atoms with Gasteiger partial charge in [-0.05, 0) is 25.1 Å². The number of nitrogens with one attached hydrogen (secondary N) is 1. The highest BCUT2D eigenvalue weighted by atomic mass is 32.2. The standard InChI is InChI=1S/C9H10FNOS/c1-2-9(10)13(11,12)8-6-4-3-5-7-8/h2-7,11H,1H3/b9-2+. The molecule has 0 fully saturated rings. The summed E-state index contributed by atoms with van der Waals surface area (Å²) in [4.78, 5) is 0.200. The molecule has 4 heteroatoms. The second-order valence-electron chi connectivity index (χ2n) is 2.46. The van der Waals surface area contributed by atoms with Crippen molar-refractivity contribution in [2.24, 2.45) is 0 Å². The first-order valence-electron chi connectivity index (χ1n) is 3.74. The molecule has 0 spiro atoms. The number of allylic oxidation sites excluding steroid dienone is 1. The number of benzene rings is 1. The predicted octanol–water partition coefficient (Wildman–Crippen LogP) is 2.92. The molecule has 0 aromatic heterocycles. The van der Waals surface area contributed by atoms with E-state index in [-0.39, 0.29) is 4.90 Å². The summed E-state index contributed by atoms with van der Waals surface area (Å²) in [7, 11) is -3.39. The minimum Gasteiger partial charge on any atom is -0.243 e. The maximum absolute atomic E-state index is 13.0. The van der Waals surface area contributed by atoms with Gasteiger partial charge < -0.3 is 0 Å². The fraction of sp³-hybridized carbons (Fsp3) is 0.111. The first kappa shape index (κ1) is 9.92. The van der Waals surface area contributed by atoms with Crippen LogP contribution in [0.4, 0.5) is 4.39 Å². The summed E-state index contributed by atoms with van der Waals surface area (Å²) in [6, 6.07) is 7.96. The molecule has 1 atom stereocenters. The summed E-state index contributed by atoms with van der Waals surface area (Å²) in [5.74, 6) is 0. The van der Waals surface area contributed by atoms with Crippen LogP contribution < -0.4 is 0 Å². The van der Waals surface area contributed by atoms with E-state index >= 15 is 0 Å². The monoisotopic (exact) mass is 199 g/mol. The molecular formula is C9H10FNOS. The lowest BCUT2D eigenvalue weighted by Crippen LogP contribution is -1.98. The molecule has 1 N–H and O–H groups in total. The molecule has 0 heterocycles. The Morgan fingerprint density at radius 2 is 2.00 bits per heavy atom. The maximum atomic E-state index is 13.0. The van der Waals surface area contributed by atoms with Crippen molar-refractivity contribution >= 4 is 9.73 Å². The lowest BCUT2D eigenvalue weighted by atomic mass is 10.4. The van der Waals surface area contributed by atoms with E-state index in [2.05, 4.69) is 0 Å². The summed E-state index contributed by atoms with van der Waals surface area (Å²) in [6.07, 6.45) is 1.06. The molecule has 1 rings (SSSR count). The average molecular weight is 199 g/mol. The Labute approximate surface area is 77.1 Å². The van der Waals surface area contributed by atoms with Crippen LogP contribution in [0.2, 0.25) is 0 Å².